The Morgan fingerprint density at radius 3 is 2.75 bits per heavy atom. The number of aryl methyl sites for hydroxylation is 1. The van der Waals surface area contributed by atoms with Crippen molar-refractivity contribution in [2.45, 2.75) is 20.3 Å². The second-order valence-electron chi connectivity index (χ2n) is 4.39. The van der Waals surface area contributed by atoms with Crippen molar-refractivity contribution in [1.29, 1.82) is 0 Å². The van der Waals surface area contributed by atoms with Crippen molar-refractivity contribution in [2.75, 3.05) is 17.2 Å². The molecule has 0 aliphatic carbocycles. The molecule has 6 heteroatoms. The zero-order chi connectivity index (χ0) is 14.7. The van der Waals surface area contributed by atoms with Gasteiger partial charge in [0.2, 0.25) is 0 Å². The first-order valence-corrected chi connectivity index (χ1v) is 6.52. The molecule has 0 aliphatic rings. The third-order valence-corrected chi connectivity index (χ3v) is 3.14. The van der Waals surface area contributed by atoms with Crippen molar-refractivity contribution < 1.29 is 9.90 Å². The number of aromatic hydroxyl groups is 1. The lowest BCUT2D eigenvalue weighted by atomic mass is 10.2. The summed E-state index contributed by atoms with van der Waals surface area (Å²) in [5, 5.41) is 16.3. The number of anilines is 2. The number of phenolic OH excluding ortho intramolecular Hbond substituents is 1. The number of aromatic amines is 1. The molecule has 20 heavy (non-hydrogen) atoms. The lowest BCUT2D eigenvalue weighted by Crippen LogP contribution is -2.31. The maximum atomic E-state index is 12.5. The van der Waals surface area contributed by atoms with Crippen molar-refractivity contribution in [3.63, 3.8) is 0 Å². The maximum Gasteiger partial charge on any atom is 0.280 e. The molecule has 0 aliphatic heterocycles. The van der Waals surface area contributed by atoms with Gasteiger partial charge in [-0.3, -0.25) is 9.89 Å². The normalized spacial score (nSPS) is 10.5. The monoisotopic (exact) mass is 274 g/mol. The topological polar surface area (TPSA) is 95.2 Å². The number of nitrogens with two attached hydrogens (primary N) is 1. The Morgan fingerprint density at radius 2 is 2.20 bits per heavy atom. The van der Waals surface area contributed by atoms with E-state index >= 15 is 0 Å². The number of hydrogen-bond acceptors (Lipinski definition) is 4. The highest BCUT2D eigenvalue weighted by Crippen LogP contribution is 2.23. The summed E-state index contributed by atoms with van der Waals surface area (Å²) in [7, 11) is 0. The number of amides is 1. The molecule has 0 unspecified atom stereocenters. The smallest absolute Gasteiger partial charge is 0.280 e. The van der Waals surface area contributed by atoms with Crippen molar-refractivity contribution in [2.24, 2.45) is 0 Å². The largest absolute Gasteiger partial charge is 0.508 e. The van der Waals surface area contributed by atoms with Crippen LogP contribution in [0.5, 0.6) is 5.75 Å². The summed E-state index contributed by atoms with van der Waals surface area (Å²) in [4.78, 5) is 14.0. The fraction of sp³-hybridized carbons (Fsp3) is 0.286. The van der Waals surface area contributed by atoms with Crippen LogP contribution in [0.25, 0.3) is 0 Å². The molecule has 1 amide bonds. The summed E-state index contributed by atoms with van der Waals surface area (Å²) >= 11 is 0. The maximum absolute atomic E-state index is 12.5. The number of rotatable bonds is 4. The van der Waals surface area contributed by atoms with E-state index in [2.05, 4.69) is 10.2 Å². The van der Waals surface area contributed by atoms with Crippen molar-refractivity contribution in [1.82, 2.24) is 10.2 Å². The number of benzene rings is 1. The Labute approximate surface area is 117 Å². The number of nitrogens with one attached hydrogen (secondary N) is 1. The first-order chi connectivity index (χ1) is 9.58. The van der Waals surface area contributed by atoms with Crippen molar-refractivity contribution in [3.05, 3.63) is 35.7 Å². The fourth-order valence-electron chi connectivity index (χ4n) is 2.05. The zero-order valence-corrected chi connectivity index (χ0v) is 11.6. The third-order valence-electron chi connectivity index (χ3n) is 3.14. The molecule has 0 atom stereocenters. The molecule has 0 radical (unpaired) electrons. The zero-order valence-electron chi connectivity index (χ0n) is 11.6. The van der Waals surface area contributed by atoms with E-state index in [0.717, 1.165) is 5.69 Å². The lowest BCUT2D eigenvalue weighted by molar-refractivity contribution is 0.0984. The molecule has 2 rings (SSSR count). The van der Waals surface area contributed by atoms with Gasteiger partial charge >= 0.3 is 0 Å². The van der Waals surface area contributed by atoms with E-state index in [1.54, 1.807) is 18.2 Å². The van der Waals surface area contributed by atoms with Crippen LogP contribution in [-0.4, -0.2) is 27.8 Å². The Bertz CT molecular complexity index is 621. The van der Waals surface area contributed by atoms with Crippen molar-refractivity contribution >= 4 is 17.3 Å². The summed E-state index contributed by atoms with van der Waals surface area (Å²) in [6.45, 7) is 4.24. The van der Waals surface area contributed by atoms with Crippen LogP contribution >= 0.6 is 0 Å². The van der Waals surface area contributed by atoms with Crippen LogP contribution in [0.3, 0.4) is 0 Å². The molecule has 1 aromatic carbocycles. The number of H-pyrrole nitrogens is 1. The van der Waals surface area contributed by atoms with Gasteiger partial charge in [-0.25, -0.2) is 0 Å². The Kier molecular flexibility index (Phi) is 3.93. The van der Waals surface area contributed by atoms with E-state index in [-0.39, 0.29) is 17.4 Å². The average molecular weight is 274 g/mol. The molecular formula is C14H18N4O2. The van der Waals surface area contributed by atoms with Crippen LogP contribution in [0, 0.1) is 0 Å². The summed E-state index contributed by atoms with van der Waals surface area (Å²) in [6, 6.07) is 6.53. The number of phenols is 1. The average Bonchev–Trinajstić information content (AvgIpc) is 2.80. The van der Waals surface area contributed by atoms with Crippen LogP contribution in [-0.2, 0) is 6.42 Å². The Morgan fingerprint density at radius 1 is 1.45 bits per heavy atom. The van der Waals surface area contributed by atoms with E-state index in [4.69, 9.17) is 5.73 Å². The van der Waals surface area contributed by atoms with E-state index in [0.29, 0.717) is 24.3 Å². The first-order valence-electron chi connectivity index (χ1n) is 6.52. The van der Waals surface area contributed by atoms with Crippen LogP contribution in [0.15, 0.2) is 24.3 Å². The number of carbonyl (C=O) groups excluding carboxylic acids is 1. The third kappa shape index (κ3) is 2.45. The quantitative estimate of drug-likeness (QED) is 0.793. The van der Waals surface area contributed by atoms with Gasteiger partial charge in [0.1, 0.15) is 5.75 Å². The molecule has 4 N–H and O–H groups in total. The van der Waals surface area contributed by atoms with Gasteiger partial charge in [-0.15, -0.1) is 0 Å². The van der Waals surface area contributed by atoms with Gasteiger partial charge < -0.3 is 15.7 Å². The van der Waals surface area contributed by atoms with E-state index in [9.17, 15) is 9.90 Å². The van der Waals surface area contributed by atoms with Gasteiger partial charge in [-0.05, 0) is 25.5 Å². The fourth-order valence-corrected chi connectivity index (χ4v) is 2.05. The molecule has 106 valence electrons. The molecule has 0 fully saturated rings. The van der Waals surface area contributed by atoms with Gasteiger partial charge in [-0.1, -0.05) is 13.0 Å². The van der Waals surface area contributed by atoms with E-state index in [1.807, 2.05) is 13.8 Å². The van der Waals surface area contributed by atoms with Gasteiger partial charge in [-0.2, -0.15) is 5.10 Å². The second kappa shape index (κ2) is 5.64. The summed E-state index contributed by atoms with van der Waals surface area (Å²) < 4.78 is 0. The minimum absolute atomic E-state index is 0.109. The van der Waals surface area contributed by atoms with E-state index in [1.165, 1.54) is 11.0 Å². The summed E-state index contributed by atoms with van der Waals surface area (Å²) in [6.07, 6.45) is 0.685. The molecule has 2 aromatic rings. The molecule has 0 saturated carbocycles. The Balaban J connectivity index is 2.36. The highest BCUT2D eigenvalue weighted by molar-refractivity contribution is 6.08. The highest BCUT2D eigenvalue weighted by atomic mass is 16.3. The summed E-state index contributed by atoms with van der Waals surface area (Å²) in [5.74, 6) is -0.176. The van der Waals surface area contributed by atoms with Gasteiger partial charge in [0.05, 0.1) is 11.4 Å². The summed E-state index contributed by atoms with van der Waals surface area (Å²) in [5.41, 5.74) is 7.88. The second-order valence-corrected chi connectivity index (χ2v) is 4.39. The molecule has 0 saturated heterocycles. The molecule has 6 nitrogen and oxygen atoms in total. The minimum atomic E-state index is -0.286. The molecule has 1 heterocycles. The Hall–Kier alpha value is -2.50. The SMILES string of the molecule is CCc1[nH]nc(C(=O)N(CC)c2cccc(O)c2)c1N. The van der Waals surface area contributed by atoms with Crippen LogP contribution in [0.2, 0.25) is 0 Å². The number of nitrogen functional groups attached to an aromatic ring is 1. The van der Waals surface area contributed by atoms with Crippen molar-refractivity contribution in [3.8, 4) is 5.75 Å². The van der Waals surface area contributed by atoms with Gasteiger partial charge in [0.25, 0.3) is 5.91 Å². The minimum Gasteiger partial charge on any atom is -0.508 e. The standard InChI is InChI=1S/C14H18N4O2/c1-3-11-12(15)13(17-16-11)14(20)18(4-2)9-6-5-7-10(19)8-9/h5-8,19H,3-4,15H2,1-2H3,(H,16,17). The van der Waals surface area contributed by atoms with Crippen LogP contribution < -0.4 is 10.6 Å². The van der Waals surface area contributed by atoms with Gasteiger partial charge in [0.15, 0.2) is 5.69 Å². The first kappa shape index (κ1) is 13.9. The van der Waals surface area contributed by atoms with Crippen LogP contribution in [0.4, 0.5) is 11.4 Å². The highest BCUT2D eigenvalue weighted by Gasteiger charge is 2.22. The lowest BCUT2D eigenvalue weighted by Gasteiger charge is -2.20. The molecular weight excluding hydrogens is 256 g/mol. The number of hydrogen-bond donors (Lipinski definition) is 3. The molecule has 0 bridgehead atoms. The van der Waals surface area contributed by atoms with Gasteiger partial charge in [0, 0.05) is 18.3 Å². The molecule has 1 aromatic heterocycles. The number of aromatic nitrogens is 2. The van der Waals surface area contributed by atoms with E-state index < -0.39 is 0 Å². The predicted octanol–water partition coefficient (Wildman–Crippen LogP) is 1.93. The predicted molar refractivity (Wildman–Crippen MR) is 77.8 cm³/mol. The van der Waals surface area contributed by atoms with Crippen LogP contribution in [0.1, 0.15) is 30.0 Å². The number of nitrogens with zero attached hydrogens (tertiary/aromatic N) is 2. The molecule has 0 spiro atoms. The number of carbonyl (C=O) groups is 1.